The van der Waals surface area contributed by atoms with E-state index in [0.29, 0.717) is 4.90 Å². The molecular formula is C28H22N8O10. The molecule has 2 saturated heterocycles. The second kappa shape index (κ2) is 11.6. The van der Waals surface area contributed by atoms with E-state index in [9.17, 15) is 50.0 Å². The van der Waals surface area contributed by atoms with Crippen molar-refractivity contribution in [2.24, 2.45) is 11.7 Å². The van der Waals surface area contributed by atoms with Crippen LogP contribution in [-0.2, 0) is 21.0 Å². The predicted octanol–water partition coefficient (Wildman–Crippen LogP) is 2.49. The number of hydrogen-bond acceptors (Lipinski definition) is 13. The highest BCUT2D eigenvalue weighted by Gasteiger charge is 2.60. The Kier molecular flexibility index (Phi) is 7.88. The van der Waals surface area contributed by atoms with Gasteiger partial charge in [0, 0.05) is 43.4 Å². The van der Waals surface area contributed by atoms with Gasteiger partial charge in [-0.1, -0.05) is 18.2 Å². The van der Waals surface area contributed by atoms with E-state index in [1.807, 2.05) is 6.07 Å². The minimum Gasteiger partial charge on any atom is -0.366 e. The number of carbonyl (C=O) groups excluding carboxylic acids is 3. The van der Waals surface area contributed by atoms with E-state index in [1.165, 1.54) is 38.4 Å². The van der Waals surface area contributed by atoms with E-state index in [1.54, 1.807) is 12.1 Å². The number of primary amides is 1. The Morgan fingerprint density at radius 2 is 1.57 bits per heavy atom. The van der Waals surface area contributed by atoms with Crippen molar-refractivity contribution < 1.29 is 34.0 Å². The van der Waals surface area contributed by atoms with Gasteiger partial charge in [0.1, 0.15) is 0 Å². The number of nitro benzene ring substituents is 3. The number of hydroxylamine groups is 2. The smallest absolute Gasteiger partial charge is 0.301 e. The van der Waals surface area contributed by atoms with Gasteiger partial charge >= 0.3 is 11.4 Å². The number of hydrogen-bond donors (Lipinski definition) is 1. The third-order valence-electron chi connectivity index (χ3n) is 7.64. The van der Waals surface area contributed by atoms with E-state index in [-0.39, 0.29) is 34.5 Å². The zero-order valence-corrected chi connectivity index (χ0v) is 23.9. The lowest BCUT2D eigenvalue weighted by Crippen LogP contribution is -2.37. The summed E-state index contributed by atoms with van der Waals surface area (Å²) in [5.41, 5.74) is 2.75. The van der Waals surface area contributed by atoms with Crippen LogP contribution in [0.2, 0.25) is 0 Å². The number of imide groups is 1. The standard InChI is InChI=1S/C28H22N8O10/c1-31(2)24-20(35(42)43)10-17(11-21(24)36(44)45)33-27(38)22-23(18-6-4-3-5-15(18)12-29)32(46-25(22)28(33)39)13-16-8-7-14(26(30)37)9-19(16)34(40)41/h3-11,22-23,25H,13H2,1-2H3,(H2,30,37). The quantitative estimate of drug-likeness (QED) is 0.203. The molecule has 0 aromatic heterocycles. The van der Waals surface area contributed by atoms with Crippen LogP contribution < -0.4 is 15.5 Å². The SMILES string of the molecule is CN(C)c1c([N+](=O)[O-])cc(N2C(=O)C3ON(Cc4ccc(C(N)=O)cc4[N+](=O)[O-])C(c4ccccc4C#N)C3C2=O)cc1[N+](=O)[O-]. The molecule has 3 unspecified atom stereocenters. The largest absolute Gasteiger partial charge is 0.366 e. The summed E-state index contributed by atoms with van der Waals surface area (Å²) in [4.78, 5) is 80.4. The van der Waals surface area contributed by atoms with Crippen LogP contribution in [0, 0.1) is 47.6 Å². The van der Waals surface area contributed by atoms with Crippen LogP contribution in [-0.4, -0.2) is 57.8 Å². The number of benzene rings is 3. The normalized spacial score (nSPS) is 19.1. The Morgan fingerprint density at radius 1 is 0.957 bits per heavy atom. The lowest BCUT2D eigenvalue weighted by atomic mass is 9.88. The van der Waals surface area contributed by atoms with Gasteiger partial charge in [-0.3, -0.25) is 49.6 Å². The first-order chi connectivity index (χ1) is 21.8. The van der Waals surface area contributed by atoms with E-state index in [0.717, 1.165) is 28.2 Å². The first-order valence-electron chi connectivity index (χ1n) is 13.3. The Hall–Kier alpha value is -6.32. The lowest BCUT2D eigenvalue weighted by molar-refractivity contribution is -0.392. The first kappa shape index (κ1) is 31.1. The number of nitrogens with zero attached hydrogens (tertiary/aromatic N) is 7. The van der Waals surface area contributed by atoms with Crippen LogP contribution in [0.4, 0.5) is 28.4 Å². The fraction of sp³-hybridized carbons (Fsp3) is 0.214. The average molecular weight is 631 g/mol. The topological polar surface area (TPSA) is 249 Å². The molecule has 46 heavy (non-hydrogen) atoms. The number of rotatable bonds is 9. The number of fused-ring (bicyclic) bond motifs is 1. The lowest BCUT2D eigenvalue weighted by Gasteiger charge is -2.28. The third kappa shape index (κ3) is 5.10. The fourth-order valence-corrected chi connectivity index (χ4v) is 5.71. The number of nitrogens with two attached hydrogens (primary N) is 1. The zero-order chi connectivity index (χ0) is 33.6. The molecule has 3 atom stereocenters. The van der Waals surface area contributed by atoms with Crippen molar-refractivity contribution in [1.82, 2.24) is 5.06 Å². The van der Waals surface area contributed by atoms with Gasteiger partial charge in [0.15, 0.2) is 11.8 Å². The van der Waals surface area contributed by atoms with Crippen molar-refractivity contribution in [3.8, 4) is 6.07 Å². The van der Waals surface area contributed by atoms with Gasteiger partial charge in [-0.15, -0.1) is 0 Å². The summed E-state index contributed by atoms with van der Waals surface area (Å²) >= 11 is 0. The van der Waals surface area contributed by atoms with Crippen molar-refractivity contribution in [3.63, 3.8) is 0 Å². The number of carbonyl (C=O) groups is 3. The molecule has 0 bridgehead atoms. The highest BCUT2D eigenvalue weighted by molar-refractivity contribution is 6.24. The monoisotopic (exact) mass is 630 g/mol. The van der Waals surface area contributed by atoms with Crippen LogP contribution in [0.5, 0.6) is 0 Å². The average Bonchev–Trinajstić information content (AvgIpc) is 3.49. The van der Waals surface area contributed by atoms with Gasteiger partial charge in [-0.2, -0.15) is 10.3 Å². The minimum atomic E-state index is -1.57. The highest BCUT2D eigenvalue weighted by atomic mass is 16.7. The summed E-state index contributed by atoms with van der Waals surface area (Å²) in [7, 11) is 2.72. The van der Waals surface area contributed by atoms with E-state index in [4.69, 9.17) is 10.6 Å². The number of nitro groups is 3. The minimum absolute atomic E-state index is 0.0247. The van der Waals surface area contributed by atoms with Gasteiger partial charge in [-0.05, 0) is 23.8 Å². The van der Waals surface area contributed by atoms with Crippen molar-refractivity contribution >= 4 is 46.2 Å². The summed E-state index contributed by atoms with van der Waals surface area (Å²) in [6.07, 6.45) is -1.57. The third-order valence-corrected chi connectivity index (χ3v) is 7.64. The molecule has 2 heterocycles. The van der Waals surface area contributed by atoms with Crippen molar-refractivity contribution in [2.45, 2.75) is 18.7 Å². The van der Waals surface area contributed by atoms with E-state index in [2.05, 4.69) is 0 Å². The summed E-state index contributed by atoms with van der Waals surface area (Å²) in [5.74, 6) is -4.22. The molecule has 0 radical (unpaired) electrons. The first-order valence-corrected chi connectivity index (χ1v) is 13.3. The second-order valence-electron chi connectivity index (χ2n) is 10.5. The van der Waals surface area contributed by atoms with Crippen LogP contribution in [0.1, 0.15) is 33.1 Å². The Balaban J connectivity index is 1.63. The van der Waals surface area contributed by atoms with Gasteiger partial charge in [0.05, 0.1) is 50.6 Å². The molecule has 3 aromatic rings. The van der Waals surface area contributed by atoms with Crippen LogP contribution in [0.15, 0.2) is 54.6 Å². The molecule has 5 rings (SSSR count). The maximum absolute atomic E-state index is 14.1. The van der Waals surface area contributed by atoms with Crippen LogP contribution >= 0.6 is 0 Å². The van der Waals surface area contributed by atoms with Gasteiger partial charge in [0.25, 0.3) is 11.6 Å². The molecule has 3 aromatic carbocycles. The molecule has 0 saturated carbocycles. The molecule has 0 spiro atoms. The molecule has 18 heteroatoms. The molecular weight excluding hydrogens is 608 g/mol. The number of amides is 3. The molecule has 2 fully saturated rings. The highest BCUT2D eigenvalue weighted by Crippen LogP contribution is 2.49. The Morgan fingerprint density at radius 3 is 2.11 bits per heavy atom. The molecule has 2 aliphatic rings. The van der Waals surface area contributed by atoms with Gasteiger partial charge in [0.2, 0.25) is 11.8 Å². The molecule has 234 valence electrons. The fourth-order valence-electron chi connectivity index (χ4n) is 5.71. The van der Waals surface area contributed by atoms with Crippen molar-refractivity contribution in [1.29, 1.82) is 5.26 Å². The summed E-state index contributed by atoms with van der Waals surface area (Å²) in [6.45, 7) is -0.387. The second-order valence-corrected chi connectivity index (χ2v) is 10.5. The Bertz CT molecular complexity index is 1870. The van der Waals surface area contributed by atoms with Crippen LogP contribution in [0.25, 0.3) is 0 Å². The summed E-state index contributed by atoms with van der Waals surface area (Å²) in [6, 6.07) is 12.2. The summed E-state index contributed by atoms with van der Waals surface area (Å²) < 4.78 is 0. The number of anilines is 2. The zero-order valence-electron chi connectivity index (χ0n) is 23.9. The van der Waals surface area contributed by atoms with Crippen molar-refractivity contribution in [2.75, 3.05) is 23.9 Å². The maximum Gasteiger partial charge on any atom is 0.301 e. The molecule has 2 aliphatic heterocycles. The molecule has 3 amide bonds. The predicted molar refractivity (Wildman–Crippen MR) is 156 cm³/mol. The van der Waals surface area contributed by atoms with Gasteiger partial charge < -0.3 is 10.6 Å². The van der Waals surface area contributed by atoms with Crippen molar-refractivity contribution in [3.05, 3.63) is 107 Å². The van der Waals surface area contributed by atoms with E-state index >= 15 is 0 Å². The molecule has 0 aliphatic carbocycles. The molecule has 18 nitrogen and oxygen atoms in total. The number of nitriles is 1. The van der Waals surface area contributed by atoms with Gasteiger partial charge in [-0.25, -0.2) is 4.90 Å². The molecule has 2 N–H and O–H groups in total. The maximum atomic E-state index is 14.1. The van der Waals surface area contributed by atoms with E-state index < -0.39 is 73.3 Å². The summed E-state index contributed by atoms with van der Waals surface area (Å²) in [5, 5.41) is 46.7. The Labute approximate surface area is 258 Å². The van der Waals surface area contributed by atoms with Crippen LogP contribution in [0.3, 0.4) is 0 Å².